The first-order valence-corrected chi connectivity index (χ1v) is 14.8. The number of hydrogen-bond acceptors (Lipinski definition) is 5. The molecule has 1 spiro atoms. The lowest BCUT2D eigenvalue weighted by molar-refractivity contribution is -0.145. The van der Waals surface area contributed by atoms with Gasteiger partial charge in [-0.1, -0.05) is 30.4 Å². The van der Waals surface area contributed by atoms with E-state index in [4.69, 9.17) is 0 Å². The molecule has 3 heterocycles. The van der Waals surface area contributed by atoms with Crippen LogP contribution >= 0.6 is 11.8 Å². The quantitative estimate of drug-likeness (QED) is 0.327. The Morgan fingerprint density at radius 3 is 2.36 bits per heavy atom. The summed E-state index contributed by atoms with van der Waals surface area (Å²) in [7, 11) is 0. The van der Waals surface area contributed by atoms with Crippen molar-refractivity contribution in [1.82, 2.24) is 9.80 Å². The van der Waals surface area contributed by atoms with Gasteiger partial charge in [0.1, 0.15) is 6.04 Å². The second-order valence-electron chi connectivity index (χ2n) is 12.2. The lowest BCUT2D eigenvalue weighted by atomic mass is 9.66. The molecule has 1 aromatic carbocycles. The molecule has 0 radical (unpaired) electrons. The van der Waals surface area contributed by atoms with Gasteiger partial charge in [-0.05, 0) is 65.5 Å². The number of fused-ring (bicyclic) bond motifs is 1. The molecular formula is C31H43N3O4S. The van der Waals surface area contributed by atoms with Crippen LogP contribution in [-0.4, -0.2) is 79.9 Å². The molecule has 3 aliphatic heterocycles. The lowest BCUT2D eigenvalue weighted by Gasteiger charge is -2.42. The van der Waals surface area contributed by atoms with E-state index in [2.05, 4.69) is 20.1 Å². The van der Waals surface area contributed by atoms with Crippen molar-refractivity contribution in [1.29, 1.82) is 0 Å². The summed E-state index contributed by atoms with van der Waals surface area (Å²) in [6.07, 6.45) is 6.06. The number of benzene rings is 1. The van der Waals surface area contributed by atoms with E-state index in [0.717, 1.165) is 12.1 Å². The van der Waals surface area contributed by atoms with Gasteiger partial charge in [0.15, 0.2) is 0 Å². The van der Waals surface area contributed by atoms with Crippen molar-refractivity contribution in [2.24, 2.45) is 11.8 Å². The summed E-state index contributed by atoms with van der Waals surface area (Å²) in [6, 6.07) is 8.85. The topological polar surface area (TPSA) is 81.2 Å². The molecule has 2 unspecified atom stereocenters. The van der Waals surface area contributed by atoms with Crippen LogP contribution in [0, 0.1) is 11.8 Å². The molecule has 3 amide bonds. The highest BCUT2D eigenvalue weighted by Crippen LogP contribution is 2.71. The first-order chi connectivity index (χ1) is 18.5. The van der Waals surface area contributed by atoms with Gasteiger partial charge >= 0.3 is 0 Å². The Morgan fingerprint density at radius 1 is 1.10 bits per heavy atom. The van der Waals surface area contributed by atoms with E-state index in [0.29, 0.717) is 38.9 Å². The summed E-state index contributed by atoms with van der Waals surface area (Å²) in [6.45, 7) is 17.0. The van der Waals surface area contributed by atoms with Crippen LogP contribution in [0.2, 0.25) is 0 Å². The van der Waals surface area contributed by atoms with Crippen molar-refractivity contribution >= 4 is 35.2 Å². The standard InChI is InChI=1S/C31H43N3O4S/c1-7-18-32(22-14-10-9-11-15-22)26(36)23-24-27(37)33(20-12-13-21-35)25(31(24)17-16-30(23,6)39-31)28(38)34(19-8-2)29(3,4)5/h7-11,14-15,23-25,35H,1-2,12-13,16-21H2,3-6H3/t23-,24-,25?,30+,31?/m0/s1. The van der Waals surface area contributed by atoms with Gasteiger partial charge in [-0.15, -0.1) is 24.9 Å². The van der Waals surface area contributed by atoms with Crippen LogP contribution in [0.3, 0.4) is 0 Å². The Hall–Kier alpha value is -2.58. The average molecular weight is 554 g/mol. The van der Waals surface area contributed by atoms with Crippen LogP contribution < -0.4 is 4.90 Å². The monoisotopic (exact) mass is 553 g/mol. The predicted octanol–water partition coefficient (Wildman–Crippen LogP) is 4.27. The van der Waals surface area contributed by atoms with Crippen LogP contribution in [0.1, 0.15) is 53.4 Å². The fraction of sp³-hybridized carbons (Fsp3) is 0.581. The van der Waals surface area contributed by atoms with E-state index < -0.39 is 32.9 Å². The van der Waals surface area contributed by atoms with Crippen LogP contribution in [0.4, 0.5) is 5.69 Å². The zero-order chi connectivity index (χ0) is 28.6. The SMILES string of the molecule is C=CCN(C(=O)[C@@H]1[C@H]2C(=O)N(CCCCO)C(C(=O)N(CC=C)C(C)(C)C)C23CC[C@@]1(C)S3)c1ccccc1. The van der Waals surface area contributed by atoms with Gasteiger partial charge in [0.05, 0.1) is 16.6 Å². The Balaban J connectivity index is 1.79. The number of aliphatic hydroxyl groups is 1. The molecule has 5 atom stereocenters. The zero-order valence-electron chi connectivity index (χ0n) is 23.8. The van der Waals surface area contributed by atoms with Crippen molar-refractivity contribution in [3.8, 4) is 0 Å². The number of aliphatic hydroxyl groups excluding tert-OH is 1. The number of anilines is 1. The van der Waals surface area contributed by atoms with Crippen molar-refractivity contribution in [3.05, 3.63) is 55.6 Å². The molecule has 1 aromatic rings. The molecular weight excluding hydrogens is 510 g/mol. The number of likely N-dealkylation sites (tertiary alicyclic amines) is 1. The summed E-state index contributed by atoms with van der Waals surface area (Å²) in [5.74, 6) is -1.42. The Kier molecular flexibility index (Phi) is 8.39. The van der Waals surface area contributed by atoms with Gasteiger partial charge < -0.3 is 19.8 Å². The fourth-order valence-corrected chi connectivity index (χ4v) is 9.26. The number of thioether (sulfide) groups is 1. The van der Waals surface area contributed by atoms with Crippen molar-refractivity contribution in [2.75, 3.05) is 31.1 Å². The zero-order valence-corrected chi connectivity index (χ0v) is 24.6. The number of hydrogen-bond donors (Lipinski definition) is 1. The van der Waals surface area contributed by atoms with Gasteiger partial charge in [0.25, 0.3) is 0 Å². The number of unbranched alkanes of at least 4 members (excludes halogenated alkanes) is 1. The molecule has 8 heteroatoms. The number of carbonyl (C=O) groups excluding carboxylic acids is 3. The van der Waals surface area contributed by atoms with Gasteiger partial charge in [-0.25, -0.2) is 0 Å². The van der Waals surface area contributed by atoms with Crippen molar-refractivity contribution < 1.29 is 19.5 Å². The Morgan fingerprint density at radius 2 is 1.77 bits per heavy atom. The number of carbonyl (C=O) groups is 3. The summed E-state index contributed by atoms with van der Waals surface area (Å²) < 4.78 is -1.13. The lowest BCUT2D eigenvalue weighted by Crippen LogP contribution is -2.59. The highest BCUT2D eigenvalue weighted by molar-refractivity contribution is 8.02. The molecule has 1 N–H and O–H groups in total. The third kappa shape index (κ3) is 4.95. The Bertz CT molecular complexity index is 1120. The molecule has 0 saturated carbocycles. The number of amides is 3. The highest BCUT2D eigenvalue weighted by Gasteiger charge is 2.77. The average Bonchev–Trinajstić information content (AvgIpc) is 3.46. The van der Waals surface area contributed by atoms with E-state index in [1.807, 2.05) is 56.0 Å². The summed E-state index contributed by atoms with van der Waals surface area (Å²) >= 11 is 1.69. The van der Waals surface area contributed by atoms with E-state index >= 15 is 0 Å². The molecule has 39 heavy (non-hydrogen) atoms. The van der Waals surface area contributed by atoms with E-state index in [1.54, 1.807) is 33.7 Å². The third-order valence-electron chi connectivity index (χ3n) is 8.62. The largest absolute Gasteiger partial charge is 0.396 e. The minimum Gasteiger partial charge on any atom is -0.396 e. The molecule has 212 valence electrons. The van der Waals surface area contributed by atoms with Gasteiger partial charge in [-0.3, -0.25) is 14.4 Å². The van der Waals surface area contributed by atoms with Crippen molar-refractivity contribution in [3.63, 3.8) is 0 Å². The van der Waals surface area contributed by atoms with Crippen LogP contribution in [0.5, 0.6) is 0 Å². The van der Waals surface area contributed by atoms with Crippen LogP contribution in [-0.2, 0) is 14.4 Å². The first-order valence-electron chi connectivity index (χ1n) is 14.0. The smallest absolute Gasteiger partial charge is 0.247 e. The maximum Gasteiger partial charge on any atom is 0.247 e. The molecule has 3 saturated heterocycles. The predicted molar refractivity (Wildman–Crippen MR) is 157 cm³/mol. The third-order valence-corrected chi connectivity index (χ3v) is 10.6. The summed E-state index contributed by atoms with van der Waals surface area (Å²) in [5.41, 5.74) is 0.310. The minimum atomic E-state index is -0.677. The van der Waals surface area contributed by atoms with Gasteiger partial charge in [0, 0.05) is 42.2 Å². The molecule has 0 aromatic heterocycles. The molecule has 4 rings (SSSR count). The van der Waals surface area contributed by atoms with Gasteiger partial charge in [-0.2, -0.15) is 0 Å². The second-order valence-corrected chi connectivity index (χ2v) is 14.1. The summed E-state index contributed by atoms with van der Waals surface area (Å²) in [5, 5.41) is 9.43. The summed E-state index contributed by atoms with van der Waals surface area (Å²) in [4.78, 5) is 48.5. The Labute approximate surface area is 237 Å². The first kappa shape index (κ1) is 29.4. The van der Waals surface area contributed by atoms with E-state index in [1.165, 1.54) is 0 Å². The van der Waals surface area contributed by atoms with E-state index in [9.17, 15) is 19.5 Å². The number of para-hydroxylation sites is 1. The van der Waals surface area contributed by atoms with Crippen LogP contribution in [0.15, 0.2) is 55.6 Å². The maximum absolute atomic E-state index is 14.4. The molecule has 7 nitrogen and oxygen atoms in total. The molecule has 2 bridgehead atoms. The minimum absolute atomic E-state index is 0.0291. The number of rotatable bonds is 11. The maximum atomic E-state index is 14.4. The van der Waals surface area contributed by atoms with Crippen LogP contribution in [0.25, 0.3) is 0 Å². The highest BCUT2D eigenvalue weighted by atomic mass is 32.2. The molecule has 0 aliphatic carbocycles. The van der Waals surface area contributed by atoms with E-state index in [-0.39, 0.29) is 24.3 Å². The van der Waals surface area contributed by atoms with Gasteiger partial charge in [0.2, 0.25) is 17.7 Å². The molecule has 3 aliphatic rings. The normalized spacial score (nSPS) is 29.3. The van der Waals surface area contributed by atoms with Crippen molar-refractivity contribution in [2.45, 2.75) is 74.5 Å². The number of nitrogens with zero attached hydrogens (tertiary/aromatic N) is 3. The molecule has 3 fully saturated rings. The fourth-order valence-electron chi connectivity index (χ4n) is 6.91. The second kappa shape index (κ2) is 11.1.